The van der Waals surface area contributed by atoms with Crippen molar-refractivity contribution in [1.29, 1.82) is 0 Å². The molecule has 1 aliphatic rings. The third kappa shape index (κ3) is 10.6. The van der Waals surface area contributed by atoms with Gasteiger partial charge in [-0.3, -0.25) is 4.79 Å². The minimum Gasteiger partial charge on any atom is -0.489 e. The van der Waals surface area contributed by atoms with Crippen molar-refractivity contribution in [2.24, 2.45) is 11.8 Å². The molecule has 1 fully saturated rings. The fraction of sp³-hybridized carbons (Fsp3) is 0.529. The van der Waals surface area contributed by atoms with Crippen molar-refractivity contribution in [2.45, 2.75) is 77.7 Å². The van der Waals surface area contributed by atoms with Crippen LogP contribution in [0.1, 0.15) is 80.5 Å². The Labute approximate surface area is 244 Å². The Morgan fingerprint density at radius 3 is 2.15 bits per heavy atom. The molecule has 0 bridgehead atoms. The molecule has 0 spiro atoms. The van der Waals surface area contributed by atoms with E-state index in [1.54, 1.807) is 6.92 Å². The number of hydrogen-bond acceptors (Lipinski definition) is 7. The highest BCUT2D eigenvalue weighted by Gasteiger charge is 2.21. The summed E-state index contributed by atoms with van der Waals surface area (Å²) in [6.45, 7) is 7.41. The Kier molecular flexibility index (Phi) is 13.4. The highest BCUT2D eigenvalue weighted by atomic mass is 16.5. The zero-order chi connectivity index (χ0) is 29.6. The predicted molar refractivity (Wildman–Crippen MR) is 159 cm³/mol. The van der Waals surface area contributed by atoms with Crippen LogP contribution in [0, 0.1) is 11.8 Å². The molecule has 1 saturated carbocycles. The molecule has 1 atom stereocenters. The van der Waals surface area contributed by atoms with E-state index in [4.69, 9.17) is 24.4 Å². The highest BCUT2D eigenvalue weighted by Crippen LogP contribution is 2.37. The average molecular weight is 567 g/mol. The van der Waals surface area contributed by atoms with Crippen molar-refractivity contribution >= 4 is 11.9 Å². The number of benzene rings is 2. The molecule has 0 radical (unpaired) electrons. The van der Waals surface area contributed by atoms with Gasteiger partial charge in [0.1, 0.15) is 12.4 Å². The fourth-order valence-electron chi connectivity index (χ4n) is 5.26. The number of esters is 2. The van der Waals surface area contributed by atoms with E-state index < -0.39 is 24.5 Å². The summed E-state index contributed by atoms with van der Waals surface area (Å²) in [5.41, 5.74) is 4.34. The van der Waals surface area contributed by atoms with Gasteiger partial charge < -0.3 is 24.4 Å². The Morgan fingerprint density at radius 1 is 0.927 bits per heavy atom. The second-order valence-electron chi connectivity index (χ2n) is 11.2. The first kappa shape index (κ1) is 32.4. The molecule has 2 aromatic rings. The van der Waals surface area contributed by atoms with Crippen LogP contribution in [-0.4, -0.2) is 48.6 Å². The van der Waals surface area contributed by atoms with Gasteiger partial charge in [-0.05, 0) is 78.8 Å². The third-order valence-corrected chi connectivity index (χ3v) is 7.84. The maximum Gasteiger partial charge on any atom is 0.335 e. The largest absolute Gasteiger partial charge is 0.489 e. The van der Waals surface area contributed by atoms with Gasteiger partial charge in [0.2, 0.25) is 0 Å². The number of carbonyl (C=O) groups excluding carboxylic acids is 2. The molecular formula is C34H46O7. The minimum atomic E-state index is -0.623. The molecule has 1 aliphatic carbocycles. The minimum absolute atomic E-state index is 0.0110. The smallest absolute Gasteiger partial charge is 0.335 e. The van der Waals surface area contributed by atoms with Crippen molar-refractivity contribution in [3.05, 3.63) is 76.9 Å². The van der Waals surface area contributed by atoms with Gasteiger partial charge in [0, 0.05) is 12.8 Å². The van der Waals surface area contributed by atoms with Crippen molar-refractivity contribution in [3.63, 3.8) is 0 Å². The molecule has 224 valence electrons. The molecule has 0 aromatic heterocycles. The maximum atomic E-state index is 11.9. The molecule has 1 unspecified atom stereocenters. The number of carbonyl (C=O) groups is 2. The Balaban J connectivity index is 1.60. The van der Waals surface area contributed by atoms with Crippen LogP contribution in [0.3, 0.4) is 0 Å². The molecule has 2 aromatic carbocycles. The second kappa shape index (κ2) is 16.9. The van der Waals surface area contributed by atoms with Gasteiger partial charge >= 0.3 is 11.9 Å². The summed E-state index contributed by atoms with van der Waals surface area (Å²) in [5, 5.41) is 18.2. The van der Waals surface area contributed by atoms with Crippen molar-refractivity contribution in [1.82, 2.24) is 0 Å². The highest BCUT2D eigenvalue weighted by molar-refractivity contribution is 5.87. The second-order valence-corrected chi connectivity index (χ2v) is 11.2. The Morgan fingerprint density at radius 2 is 1.56 bits per heavy atom. The topological polar surface area (TPSA) is 102 Å². The van der Waals surface area contributed by atoms with Crippen molar-refractivity contribution in [2.75, 3.05) is 26.4 Å². The zero-order valence-electron chi connectivity index (χ0n) is 24.6. The van der Waals surface area contributed by atoms with Crippen LogP contribution in [0.4, 0.5) is 0 Å². The van der Waals surface area contributed by atoms with Crippen LogP contribution in [0.25, 0.3) is 0 Å². The van der Waals surface area contributed by atoms with E-state index in [1.807, 2.05) is 18.2 Å². The van der Waals surface area contributed by atoms with Gasteiger partial charge in [-0.1, -0.05) is 56.7 Å². The van der Waals surface area contributed by atoms with Crippen LogP contribution in [0.15, 0.2) is 54.6 Å². The molecule has 3 rings (SSSR count). The summed E-state index contributed by atoms with van der Waals surface area (Å²) >= 11 is 0. The fourth-order valence-corrected chi connectivity index (χ4v) is 5.26. The van der Waals surface area contributed by atoms with E-state index in [1.165, 1.54) is 44.1 Å². The molecule has 7 heteroatoms. The Bertz CT molecular complexity index is 1120. The lowest BCUT2D eigenvalue weighted by Gasteiger charge is -2.28. The van der Waals surface area contributed by atoms with Crippen LogP contribution in [0.5, 0.6) is 5.75 Å². The molecule has 0 amide bonds. The van der Waals surface area contributed by atoms with Crippen molar-refractivity contribution < 1.29 is 34.0 Å². The van der Waals surface area contributed by atoms with Gasteiger partial charge in [0.15, 0.2) is 0 Å². The summed E-state index contributed by atoms with van der Waals surface area (Å²) in [4.78, 5) is 23.8. The maximum absolute atomic E-state index is 11.9. The Hall–Kier alpha value is -3.16. The first-order valence-electron chi connectivity index (χ1n) is 14.9. The summed E-state index contributed by atoms with van der Waals surface area (Å²) in [7, 11) is 0. The van der Waals surface area contributed by atoms with Gasteiger partial charge in [-0.25, -0.2) is 4.79 Å². The lowest BCUT2D eigenvalue weighted by atomic mass is 9.77. The van der Waals surface area contributed by atoms with Gasteiger partial charge in [0.05, 0.1) is 37.9 Å². The SMILES string of the molecule is C=C(CO)C(=O)OCCc1cc(CCOC(=O)C(C)CO)cc(OCc2ccc(C3CCC(CCC)CC3)cc2)c1. The third-order valence-electron chi connectivity index (χ3n) is 7.84. The number of aliphatic hydroxyl groups excluding tert-OH is 2. The van der Waals surface area contributed by atoms with Crippen LogP contribution in [0.2, 0.25) is 0 Å². The van der Waals surface area contributed by atoms with Crippen molar-refractivity contribution in [3.8, 4) is 5.75 Å². The predicted octanol–water partition coefficient (Wildman–Crippen LogP) is 5.69. The van der Waals surface area contributed by atoms with Gasteiger partial charge in [-0.15, -0.1) is 0 Å². The standard InChI is InChI=1S/C34H46O7/c1-4-5-26-6-10-30(11-7-26)31-12-8-27(9-13-31)23-41-32-19-28(14-16-39-33(37)24(2)21-35)18-29(20-32)15-17-40-34(38)25(3)22-36/h8-9,12-13,18-20,25-26,30,35-36H,2,4-7,10-11,14-17,21-23H2,1,3H3. The van der Waals surface area contributed by atoms with Crippen LogP contribution < -0.4 is 4.74 Å². The summed E-state index contributed by atoms with van der Waals surface area (Å²) in [6, 6.07) is 14.6. The summed E-state index contributed by atoms with van der Waals surface area (Å²) < 4.78 is 16.7. The number of rotatable bonds is 16. The van der Waals surface area contributed by atoms with Gasteiger partial charge in [0.25, 0.3) is 0 Å². The van der Waals surface area contributed by atoms with Crippen LogP contribution in [-0.2, 0) is 38.5 Å². The van der Waals surface area contributed by atoms with E-state index in [0.29, 0.717) is 31.1 Å². The molecule has 0 saturated heterocycles. The molecule has 0 heterocycles. The lowest BCUT2D eigenvalue weighted by Crippen LogP contribution is -2.19. The lowest BCUT2D eigenvalue weighted by molar-refractivity contribution is -0.149. The molecule has 7 nitrogen and oxygen atoms in total. The monoisotopic (exact) mass is 566 g/mol. The number of ether oxygens (including phenoxy) is 3. The molecular weight excluding hydrogens is 520 g/mol. The van der Waals surface area contributed by atoms with Crippen LogP contribution >= 0.6 is 0 Å². The van der Waals surface area contributed by atoms with Gasteiger partial charge in [-0.2, -0.15) is 0 Å². The van der Waals surface area contributed by atoms with E-state index in [-0.39, 0.29) is 25.4 Å². The first-order chi connectivity index (χ1) is 19.8. The molecule has 41 heavy (non-hydrogen) atoms. The zero-order valence-corrected chi connectivity index (χ0v) is 24.6. The first-order valence-corrected chi connectivity index (χ1v) is 14.9. The number of aliphatic hydroxyl groups is 2. The molecule has 2 N–H and O–H groups in total. The molecule has 0 aliphatic heterocycles. The van der Waals surface area contributed by atoms with E-state index >= 15 is 0 Å². The average Bonchev–Trinajstić information content (AvgIpc) is 2.99. The quantitative estimate of drug-likeness (QED) is 0.199. The van der Waals surface area contributed by atoms with E-state index in [0.717, 1.165) is 22.6 Å². The van der Waals surface area contributed by atoms with E-state index in [2.05, 4.69) is 37.8 Å². The summed E-state index contributed by atoms with van der Waals surface area (Å²) in [5.74, 6) is 0.599. The number of hydrogen-bond donors (Lipinski definition) is 2. The summed E-state index contributed by atoms with van der Waals surface area (Å²) in [6.07, 6.45) is 8.76. The van der Waals surface area contributed by atoms with E-state index in [9.17, 15) is 9.59 Å². The normalized spacial score (nSPS) is 17.5.